The number of nitrogen functional groups attached to an aromatic ring is 1. The standard InChI is InChI=1S/C14H19N3/c1-4-6-12-16-13(14(15)17(12)3)11-8-5-7-10(2)9-11/h5,7-9H,4,6,15H2,1-3H3. The van der Waals surface area contributed by atoms with Crippen molar-refractivity contribution in [2.24, 2.45) is 7.05 Å². The molecule has 0 spiro atoms. The maximum atomic E-state index is 6.12. The highest BCUT2D eigenvalue weighted by molar-refractivity contribution is 5.71. The molecule has 0 amide bonds. The molecule has 0 aliphatic heterocycles. The SMILES string of the molecule is CCCc1nc(-c2cccc(C)c2)c(N)n1C. The van der Waals surface area contributed by atoms with E-state index in [9.17, 15) is 0 Å². The molecule has 0 bridgehead atoms. The van der Waals surface area contributed by atoms with Gasteiger partial charge >= 0.3 is 0 Å². The van der Waals surface area contributed by atoms with Gasteiger partial charge in [-0.15, -0.1) is 0 Å². The molecule has 0 atom stereocenters. The first-order valence-electron chi connectivity index (χ1n) is 6.01. The molecular formula is C14H19N3. The molecule has 0 aliphatic rings. The number of nitrogens with two attached hydrogens (primary N) is 1. The Morgan fingerprint density at radius 1 is 1.35 bits per heavy atom. The Morgan fingerprint density at radius 3 is 2.76 bits per heavy atom. The van der Waals surface area contributed by atoms with Gasteiger partial charge in [-0.3, -0.25) is 0 Å². The smallest absolute Gasteiger partial charge is 0.131 e. The highest BCUT2D eigenvalue weighted by Gasteiger charge is 2.12. The topological polar surface area (TPSA) is 43.8 Å². The molecule has 2 aromatic rings. The largest absolute Gasteiger partial charge is 0.383 e. The van der Waals surface area contributed by atoms with Crippen molar-refractivity contribution in [1.82, 2.24) is 9.55 Å². The van der Waals surface area contributed by atoms with Crippen LogP contribution in [0.3, 0.4) is 0 Å². The fourth-order valence-corrected chi connectivity index (χ4v) is 2.01. The third-order valence-electron chi connectivity index (χ3n) is 3.00. The zero-order chi connectivity index (χ0) is 12.4. The molecule has 17 heavy (non-hydrogen) atoms. The zero-order valence-electron chi connectivity index (χ0n) is 10.7. The van der Waals surface area contributed by atoms with Gasteiger partial charge in [0.2, 0.25) is 0 Å². The molecule has 2 rings (SSSR count). The van der Waals surface area contributed by atoms with Crippen LogP contribution in [0.15, 0.2) is 24.3 Å². The van der Waals surface area contributed by atoms with E-state index in [0.29, 0.717) is 0 Å². The van der Waals surface area contributed by atoms with Crippen molar-refractivity contribution in [2.45, 2.75) is 26.7 Å². The highest BCUT2D eigenvalue weighted by Crippen LogP contribution is 2.26. The van der Waals surface area contributed by atoms with Crippen molar-refractivity contribution in [3.63, 3.8) is 0 Å². The summed E-state index contributed by atoms with van der Waals surface area (Å²) in [5.41, 5.74) is 9.34. The van der Waals surface area contributed by atoms with Crippen LogP contribution in [-0.4, -0.2) is 9.55 Å². The summed E-state index contributed by atoms with van der Waals surface area (Å²) in [5.74, 6) is 1.81. The van der Waals surface area contributed by atoms with E-state index in [0.717, 1.165) is 35.7 Å². The summed E-state index contributed by atoms with van der Waals surface area (Å²) in [5, 5.41) is 0. The number of anilines is 1. The summed E-state index contributed by atoms with van der Waals surface area (Å²) in [7, 11) is 1.98. The Hall–Kier alpha value is -1.77. The van der Waals surface area contributed by atoms with Gasteiger partial charge < -0.3 is 10.3 Å². The van der Waals surface area contributed by atoms with Gasteiger partial charge in [0.1, 0.15) is 17.3 Å². The van der Waals surface area contributed by atoms with Crippen LogP contribution in [0, 0.1) is 6.92 Å². The molecule has 0 radical (unpaired) electrons. The van der Waals surface area contributed by atoms with Crippen molar-refractivity contribution in [1.29, 1.82) is 0 Å². The molecule has 0 saturated carbocycles. The van der Waals surface area contributed by atoms with Gasteiger partial charge in [-0.05, 0) is 19.4 Å². The Labute approximate surface area is 102 Å². The Morgan fingerprint density at radius 2 is 2.12 bits per heavy atom. The normalized spacial score (nSPS) is 10.8. The molecule has 1 aromatic carbocycles. The van der Waals surface area contributed by atoms with Crippen LogP contribution in [0.5, 0.6) is 0 Å². The van der Waals surface area contributed by atoms with Gasteiger partial charge in [0.15, 0.2) is 0 Å². The van der Waals surface area contributed by atoms with Crippen molar-refractivity contribution >= 4 is 5.82 Å². The van der Waals surface area contributed by atoms with E-state index >= 15 is 0 Å². The van der Waals surface area contributed by atoms with E-state index in [4.69, 9.17) is 5.73 Å². The average Bonchev–Trinajstić information content (AvgIpc) is 2.58. The molecule has 90 valence electrons. The molecule has 0 unspecified atom stereocenters. The fraction of sp³-hybridized carbons (Fsp3) is 0.357. The number of imidazole rings is 1. The summed E-state index contributed by atoms with van der Waals surface area (Å²) in [6.07, 6.45) is 2.05. The van der Waals surface area contributed by atoms with E-state index in [1.165, 1.54) is 5.56 Å². The van der Waals surface area contributed by atoms with Gasteiger partial charge in [0.25, 0.3) is 0 Å². The van der Waals surface area contributed by atoms with Crippen LogP contribution in [0.1, 0.15) is 24.7 Å². The van der Waals surface area contributed by atoms with Crippen LogP contribution in [-0.2, 0) is 13.5 Å². The van der Waals surface area contributed by atoms with Crippen LogP contribution in [0.4, 0.5) is 5.82 Å². The Kier molecular flexibility index (Phi) is 3.18. The lowest BCUT2D eigenvalue weighted by Gasteiger charge is -2.01. The second-order valence-corrected chi connectivity index (χ2v) is 4.44. The maximum absolute atomic E-state index is 6.12. The van der Waals surface area contributed by atoms with Gasteiger partial charge in [-0.25, -0.2) is 4.98 Å². The first-order valence-corrected chi connectivity index (χ1v) is 6.01. The molecule has 0 fully saturated rings. The number of aryl methyl sites for hydroxylation is 2. The minimum Gasteiger partial charge on any atom is -0.383 e. The van der Waals surface area contributed by atoms with E-state index in [1.54, 1.807) is 0 Å². The lowest BCUT2D eigenvalue weighted by atomic mass is 10.1. The quantitative estimate of drug-likeness (QED) is 0.879. The Balaban J connectivity index is 2.49. The van der Waals surface area contributed by atoms with Crippen LogP contribution in [0.25, 0.3) is 11.3 Å². The van der Waals surface area contributed by atoms with E-state index in [2.05, 4.69) is 37.0 Å². The van der Waals surface area contributed by atoms with Crippen molar-refractivity contribution in [3.05, 3.63) is 35.7 Å². The number of aromatic nitrogens is 2. The van der Waals surface area contributed by atoms with E-state index in [1.807, 2.05) is 17.7 Å². The van der Waals surface area contributed by atoms with E-state index in [-0.39, 0.29) is 0 Å². The first-order chi connectivity index (χ1) is 8.13. The molecule has 0 saturated heterocycles. The van der Waals surface area contributed by atoms with Crippen molar-refractivity contribution in [2.75, 3.05) is 5.73 Å². The third-order valence-corrected chi connectivity index (χ3v) is 3.00. The summed E-state index contributed by atoms with van der Waals surface area (Å²) >= 11 is 0. The summed E-state index contributed by atoms with van der Waals surface area (Å²) in [6.45, 7) is 4.23. The fourth-order valence-electron chi connectivity index (χ4n) is 2.01. The molecule has 0 aliphatic carbocycles. The van der Waals surface area contributed by atoms with Gasteiger partial charge in [-0.2, -0.15) is 0 Å². The Bertz CT molecular complexity index is 526. The minimum atomic E-state index is 0.749. The summed E-state index contributed by atoms with van der Waals surface area (Å²) in [6, 6.07) is 8.30. The lowest BCUT2D eigenvalue weighted by molar-refractivity contribution is 0.764. The predicted octanol–water partition coefficient (Wildman–Crippen LogP) is 2.93. The van der Waals surface area contributed by atoms with Gasteiger partial charge in [0.05, 0.1) is 0 Å². The monoisotopic (exact) mass is 229 g/mol. The highest BCUT2D eigenvalue weighted by atomic mass is 15.1. The number of hydrogen-bond donors (Lipinski definition) is 1. The van der Waals surface area contributed by atoms with Crippen molar-refractivity contribution in [3.8, 4) is 11.3 Å². The lowest BCUT2D eigenvalue weighted by Crippen LogP contribution is -2.01. The van der Waals surface area contributed by atoms with Gasteiger partial charge in [-0.1, -0.05) is 30.7 Å². The maximum Gasteiger partial charge on any atom is 0.131 e. The molecule has 3 nitrogen and oxygen atoms in total. The zero-order valence-corrected chi connectivity index (χ0v) is 10.7. The minimum absolute atomic E-state index is 0.749. The van der Waals surface area contributed by atoms with Crippen LogP contribution < -0.4 is 5.73 Å². The summed E-state index contributed by atoms with van der Waals surface area (Å²) in [4.78, 5) is 4.65. The number of hydrogen-bond acceptors (Lipinski definition) is 2. The molecule has 1 aromatic heterocycles. The number of nitrogens with zero attached hydrogens (tertiary/aromatic N) is 2. The van der Waals surface area contributed by atoms with Crippen LogP contribution in [0.2, 0.25) is 0 Å². The number of benzene rings is 1. The summed E-state index contributed by atoms with van der Waals surface area (Å²) < 4.78 is 1.99. The van der Waals surface area contributed by atoms with Gasteiger partial charge in [0, 0.05) is 19.0 Å². The number of rotatable bonds is 3. The van der Waals surface area contributed by atoms with Crippen molar-refractivity contribution < 1.29 is 0 Å². The third kappa shape index (κ3) is 2.18. The second kappa shape index (κ2) is 4.62. The molecule has 1 heterocycles. The predicted molar refractivity (Wildman–Crippen MR) is 71.8 cm³/mol. The van der Waals surface area contributed by atoms with E-state index < -0.39 is 0 Å². The second-order valence-electron chi connectivity index (χ2n) is 4.44. The van der Waals surface area contributed by atoms with Crippen LogP contribution >= 0.6 is 0 Å². The molecule has 2 N–H and O–H groups in total. The average molecular weight is 229 g/mol. The molecule has 3 heteroatoms. The molecular weight excluding hydrogens is 210 g/mol. The first kappa shape index (κ1) is 11.7.